The van der Waals surface area contributed by atoms with Gasteiger partial charge in [0.15, 0.2) is 0 Å². The Morgan fingerprint density at radius 1 is 1.00 bits per heavy atom. The maximum absolute atomic E-state index is 12.8. The summed E-state index contributed by atoms with van der Waals surface area (Å²) in [6.07, 6.45) is 13.3. The van der Waals surface area contributed by atoms with Crippen LogP contribution < -0.4 is 0 Å². The topological polar surface area (TPSA) is 37.4 Å². The van der Waals surface area contributed by atoms with Crippen LogP contribution in [0.15, 0.2) is 11.6 Å². The molecule has 0 spiro atoms. The number of imide groups is 1. The number of carbonyl (C=O) groups is 2. The maximum Gasteiger partial charge on any atom is 0.233 e. The van der Waals surface area contributed by atoms with Gasteiger partial charge in [-0.25, -0.2) is 0 Å². The molecule has 5 aliphatic carbocycles. The first-order valence-electron chi connectivity index (χ1n) is 10.0. The molecule has 6 rings (SSSR count). The number of nitrogens with zero attached hydrogens (tertiary/aromatic N) is 1. The first-order chi connectivity index (χ1) is 11.5. The summed E-state index contributed by atoms with van der Waals surface area (Å²) in [4.78, 5) is 27.2. The predicted octanol–water partition coefficient (Wildman–Crippen LogP) is 3.93. The quantitative estimate of drug-likeness (QED) is 0.582. The van der Waals surface area contributed by atoms with Crippen molar-refractivity contribution in [2.75, 3.05) is 6.54 Å². The summed E-state index contributed by atoms with van der Waals surface area (Å²) in [5.41, 5.74) is 1.73. The largest absolute Gasteiger partial charge is 0.282 e. The molecule has 4 saturated carbocycles. The molecule has 24 heavy (non-hydrogen) atoms. The number of fused-ring (bicyclic) bond motifs is 1. The summed E-state index contributed by atoms with van der Waals surface area (Å²) in [7, 11) is 0. The number of amides is 2. The van der Waals surface area contributed by atoms with E-state index in [1.54, 1.807) is 4.90 Å². The van der Waals surface area contributed by atoms with Gasteiger partial charge in [0, 0.05) is 6.54 Å². The lowest BCUT2D eigenvalue weighted by Gasteiger charge is -2.57. The van der Waals surface area contributed by atoms with E-state index in [9.17, 15) is 9.59 Å². The van der Waals surface area contributed by atoms with Gasteiger partial charge in [-0.1, -0.05) is 11.6 Å². The molecule has 3 nitrogen and oxygen atoms in total. The van der Waals surface area contributed by atoms with Crippen molar-refractivity contribution in [3.8, 4) is 0 Å². The smallest absolute Gasteiger partial charge is 0.233 e. The normalized spacial score (nSPS) is 46.5. The fraction of sp³-hybridized carbons (Fsp3) is 0.810. The first kappa shape index (κ1) is 15.2. The van der Waals surface area contributed by atoms with E-state index in [-0.39, 0.29) is 23.7 Å². The van der Waals surface area contributed by atoms with Gasteiger partial charge in [0.25, 0.3) is 0 Å². The van der Waals surface area contributed by atoms with Gasteiger partial charge in [0.1, 0.15) is 0 Å². The Labute approximate surface area is 144 Å². The van der Waals surface area contributed by atoms with Crippen molar-refractivity contribution in [1.82, 2.24) is 4.90 Å². The molecule has 1 heterocycles. The Balaban J connectivity index is 1.29. The summed E-state index contributed by atoms with van der Waals surface area (Å²) in [6, 6.07) is 0. The number of hydrogen-bond donors (Lipinski definition) is 0. The molecule has 0 radical (unpaired) electrons. The Kier molecular flexibility index (Phi) is 3.28. The van der Waals surface area contributed by atoms with Crippen molar-refractivity contribution in [2.24, 2.45) is 35.0 Å². The third kappa shape index (κ3) is 2.23. The molecule has 4 bridgehead atoms. The minimum absolute atomic E-state index is 0.0566. The lowest BCUT2D eigenvalue weighted by atomic mass is 9.49. The van der Waals surface area contributed by atoms with Crippen molar-refractivity contribution >= 4 is 11.8 Å². The minimum atomic E-state index is -0.0578. The summed E-state index contributed by atoms with van der Waals surface area (Å²) in [5.74, 6) is 2.96. The van der Waals surface area contributed by atoms with Crippen molar-refractivity contribution in [2.45, 2.75) is 64.7 Å². The van der Waals surface area contributed by atoms with Crippen LogP contribution in [0.1, 0.15) is 64.7 Å². The van der Waals surface area contributed by atoms with Gasteiger partial charge in [-0.3, -0.25) is 14.5 Å². The monoisotopic (exact) mass is 327 g/mol. The molecule has 0 aromatic carbocycles. The number of likely N-dealkylation sites (tertiary alicyclic amines) is 1. The highest BCUT2D eigenvalue weighted by Gasteiger charge is 2.52. The van der Waals surface area contributed by atoms with E-state index in [0.29, 0.717) is 12.0 Å². The SMILES string of the molecule is CC1=CC[C@H]2C(=O)N(CCC34CC5CC(CC(C5)C3)C4)C(=O)[C@H]2C1. The fourth-order valence-electron chi connectivity index (χ4n) is 7.27. The second-order valence-corrected chi connectivity index (χ2v) is 9.70. The van der Waals surface area contributed by atoms with Crippen molar-refractivity contribution in [1.29, 1.82) is 0 Å². The minimum Gasteiger partial charge on any atom is -0.282 e. The fourth-order valence-corrected chi connectivity index (χ4v) is 7.27. The zero-order valence-corrected chi connectivity index (χ0v) is 14.8. The van der Waals surface area contributed by atoms with Crippen LogP contribution in [0.25, 0.3) is 0 Å². The highest BCUT2D eigenvalue weighted by atomic mass is 16.2. The zero-order valence-electron chi connectivity index (χ0n) is 14.8. The van der Waals surface area contributed by atoms with Crippen molar-refractivity contribution in [3.05, 3.63) is 11.6 Å². The molecule has 1 saturated heterocycles. The molecule has 5 fully saturated rings. The number of allylic oxidation sites excluding steroid dienone is 2. The van der Waals surface area contributed by atoms with Crippen LogP contribution in [-0.2, 0) is 9.59 Å². The molecule has 6 aliphatic rings. The van der Waals surface area contributed by atoms with Crippen molar-refractivity contribution in [3.63, 3.8) is 0 Å². The number of rotatable bonds is 3. The lowest BCUT2D eigenvalue weighted by molar-refractivity contribution is -0.141. The van der Waals surface area contributed by atoms with E-state index >= 15 is 0 Å². The van der Waals surface area contributed by atoms with Crippen LogP contribution in [0.5, 0.6) is 0 Å². The van der Waals surface area contributed by atoms with Gasteiger partial charge in [-0.15, -0.1) is 0 Å². The Morgan fingerprint density at radius 3 is 2.21 bits per heavy atom. The van der Waals surface area contributed by atoms with Crippen LogP contribution in [0, 0.1) is 35.0 Å². The van der Waals surface area contributed by atoms with Crippen LogP contribution >= 0.6 is 0 Å². The van der Waals surface area contributed by atoms with Gasteiger partial charge in [0.05, 0.1) is 11.8 Å². The van der Waals surface area contributed by atoms with Gasteiger partial charge in [0.2, 0.25) is 11.8 Å². The average Bonchev–Trinajstić information content (AvgIpc) is 2.75. The summed E-state index contributed by atoms with van der Waals surface area (Å²) >= 11 is 0. The molecular formula is C21H29NO2. The van der Waals surface area contributed by atoms with Crippen LogP contribution in [0.2, 0.25) is 0 Å². The standard InChI is InChI=1S/C21H29NO2/c1-13-2-3-17-18(6-13)20(24)22(19(17)23)5-4-21-10-14-7-15(11-21)9-16(8-14)12-21/h2,14-18H,3-12H2,1H3/t14?,15?,16?,17-,18+,21?/m1/s1. The molecule has 1 aliphatic heterocycles. The average molecular weight is 327 g/mol. The highest BCUT2D eigenvalue weighted by molar-refractivity contribution is 6.05. The molecule has 2 amide bonds. The molecule has 0 unspecified atom stereocenters. The molecule has 0 aromatic heterocycles. The van der Waals surface area contributed by atoms with Gasteiger partial charge in [-0.2, -0.15) is 0 Å². The summed E-state index contributed by atoms with van der Waals surface area (Å²) in [5, 5.41) is 0. The maximum atomic E-state index is 12.8. The Hall–Kier alpha value is -1.12. The Morgan fingerprint density at radius 2 is 1.58 bits per heavy atom. The van der Waals surface area contributed by atoms with Gasteiger partial charge >= 0.3 is 0 Å². The first-order valence-corrected chi connectivity index (χ1v) is 10.0. The molecule has 3 heteroatoms. The van der Waals surface area contributed by atoms with Crippen LogP contribution in [-0.4, -0.2) is 23.3 Å². The van der Waals surface area contributed by atoms with E-state index in [2.05, 4.69) is 13.0 Å². The third-order valence-corrected chi connectivity index (χ3v) is 7.95. The second kappa shape index (κ2) is 5.19. The lowest BCUT2D eigenvalue weighted by Crippen LogP contribution is -2.47. The van der Waals surface area contributed by atoms with E-state index < -0.39 is 0 Å². The van der Waals surface area contributed by atoms with E-state index in [1.165, 1.54) is 44.1 Å². The third-order valence-electron chi connectivity index (χ3n) is 7.95. The van der Waals surface area contributed by atoms with Gasteiger partial charge in [-0.05, 0) is 87.9 Å². The van der Waals surface area contributed by atoms with E-state index in [0.717, 1.165) is 37.0 Å². The molecule has 2 atom stereocenters. The molecule has 0 aromatic rings. The summed E-state index contributed by atoms with van der Waals surface area (Å²) in [6.45, 7) is 2.78. The van der Waals surface area contributed by atoms with E-state index in [4.69, 9.17) is 0 Å². The van der Waals surface area contributed by atoms with E-state index in [1.807, 2.05) is 0 Å². The predicted molar refractivity (Wildman–Crippen MR) is 91.9 cm³/mol. The zero-order chi connectivity index (χ0) is 16.5. The van der Waals surface area contributed by atoms with Crippen molar-refractivity contribution < 1.29 is 9.59 Å². The Bertz CT molecular complexity index is 584. The second-order valence-electron chi connectivity index (χ2n) is 9.70. The molecule has 0 N–H and O–H groups in total. The van der Waals surface area contributed by atoms with Crippen LogP contribution in [0.3, 0.4) is 0 Å². The molecule has 130 valence electrons. The highest BCUT2D eigenvalue weighted by Crippen LogP contribution is 2.61. The van der Waals surface area contributed by atoms with Crippen LogP contribution in [0.4, 0.5) is 0 Å². The van der Waals surface area contributed by atoms with Gasteiger partial charge < -0.3 is 0 Å². The molecular weight excluding hydrogens is 298 g/mol. The number of carbonyl (C=O) groups excluding carboxylic acids is 2. The summed E-state index contributed by atoms with van der Waals surface area (Å²) < 4.78 is 0. The number of hydrogen-bond acceptors (Lipinski definition) is 2.